The lowest BCUT2D eigenvalue weighted by molar-refractivity contribution is 0.415. The average molecular weight is 514 g/mol. The van der Waals surface area contributed by atoms with Gasteiger partial charge in [-0.15, -0.1) is 0 Å². The molecule has 1 unspecified atom stereocenters. The van der Waals surface area contributed by atoms with Gasteiger partial charge in [0.05, 0.1) is 12.6 Å². The molecule has 1 atom stereocenters. The van der Waals surface area contributed by atoms with Crippen LogP contribution in [0.2, 0.25) is 0 Å². The van der Waals surface area contributed by atoms with E-state index in [1.54, 1.807) is 7.11 Å². The first-order chi connectivity index (χ1) is 19.1. The van der Waals surface area contributed by atoms with E-state index in [0.717, 1.165) is 30.7 Å². The van der Waals surface area contributed by atoms with E-state index in [1.165, 1.54) is 51.8 Å². The van der Waals surface area contributed by atoms with Crippen molar-refractivity contribution in [1.29, 1.82) is 0 Å². The molecule has 0 heterocycles. The number of hydrogen-bond acceptors (Lipinski definition) is 2. The van der Waals surface area contributed by atoms with Crippen molar-refractivity contribution in [2.24, 2.45) is 0 Å². The van der Waals surface area contributed by atoms with E-state index in [1.807, 2.05) is 12.1 Å². The molecule has 4 aliphatic carbocycles. The van der Waals surface area contributed by atoms with Crippen LogP contribution in [0.5, 0.6) is 5.75 Å². The van der Waals surface area contributed by atoms with Gasteiger partial charge in [-0.25, -0.2) is 0 Å². The number of aryl methyl sites for hydroxylation is 2. The number of rotatable bonds is 7. The molecule has 2 heteroatoms. The Balaban J connectivity index is 1.36. The van der Waals surface area contributed by atoms with Gasteiger partial charge in [0.2, 0.25) is 0 Å². The second kappa shape index (κ2) is 12.2. The highest BCUT2D eigenvalue weighted by Crippen LogP contribution is 2.31. The van der Waals surface area contributed by atoms with E-state index in [4.69, 9.17) is 4.74 Å². The summed E-state index contributed by atoms with van der Waals surface area (Å²) in [5.41, 5.74) is 10.0. The van der Waals surface area contributed by atoms with Crippen LogP contribution < -0.4 is 10.1 Å². The topological polar surface area (TPSA) is 21.3 Å². The highest BCUT2D eigenvalue weighted by molar-refractivity contribution is 5.81. The fourth-order valence-electron chi connectivity index (χ4n) is 5.29. The van der Waals surface area contributed by atoms with Gasteiger partial charge in [-0.05, 0) is 102 Å². The summed E-state index contributed by atoms with van der Waals surface area (Å²) in [4.78, 5) is 0. The quantitative estimate of drug-likeness (QED) is 0.266. The summed E-state index contributed by atoms with van der Waals surface area (Å²) in [5.74, 6) is 0.866. The Kier molecular flexibility index (Phi) is 8.32. The molecule has 0 saturated carbocycles. The first kappa shape index (κ1) is 26.6. The molecule has 4 aliphatic rings. The highest BCUT2D eigenvalue weighted by Gasteiger charge is 2.24. The molecular formula is C37H39NO. The lowest BCUT2D eigenvalue weighted by Gasteiger charge is -2.31. The molecule has 2 nitrogen and oxygen atoms in total. The number of allylic oxidation sites excluding steroid dienone is 2. The van der Waals surface area contributed by atoms with E-state index in [0.29, 0.717) is 0 Å². The van der Waals surface area contributed by atoms with Crippen molar-refractivity contribution < 1.29 is 4.74 Å². The molecule has 8 rings (SSSR count). The molecule has 4 bridgehead atoms. The molecule has 0 radical (unpaired) electrons. The van der Waals surface area contributed by atoms with Crippen molar-refractivity contribution in [2.45, 2.75) is 51.5 Å². The summed E-state index contributed by atoms with van der Waals surface area (Å²) >= 11 is 0. The Bertz CT molecular complexity index is 1360. The number of methoxy groups -OCH3 is 1. The molecule has 0 aliphatic heterocycles. The second-order valence-electron chi connectivity index (χ2n) is 10.7. The van der Waals surface area contributed by atoms with Crippen molar-refractivity contribution >= 4 is 17.3 Å². The van der Waals surface area contributed by atoms with Gasteiger partial charge in [0.25, 0.3) is 0 Å². The van der Waals surface area contributed by atoms with Gasteiger partial charge in [0, 0.05) is 5.69 Å². The van der Waals surface area contributed by atoms with Gasteiger partial charge in [0.15, 0.2) is 0 Å². The fourth-order valence-corrected chi connectivity index (χ4v) is 5.29. The zero-order chi connectivity index (χ0) is 27.1. The largest absolute Gasteiger partial charge is 0.497 e. The lowest BCUT2D eigenvalue weighted by Crippen LogP contribution is -2.30. The van der Waals surface area contributed by atoms with E-state index in [9.17, 15) is 0 Å². The third kappa shape index (κ3) is 6.52. The van der Waals surface area contributed by atoms with Gasteiger partial charge in [-0.3, -0.25) is 0 Å². The van der Waals surface area contributed by atoms with Crippen molar-refractivity contribution in [1.82, 2.24) is 0 Å². The monoisotopic (exact) mass is 513 g/mol. The molecule has 0 saturated heterocycles. The maximum Gasteiger partial charge on any atom is 0.119 e. The van der Waals surface area contributed by atoms with Gasteiger partial charge in [-0.2, -0.15) is 0 Å². The number of nitrogens with one attached hydrogen (secondary N) is 1. The van der Waals surface area contributed by atoms with Crippen molar-refractivity contribution in [3.63, 3.8) is 0 Å². The Hall–Kier alpha value is -4.04. The number of ether oxygens (including phenoxy) is 1. The number of anilines is 1. The summed E-state index contributed by atoms with van der Waals surface area (Å²) in [5, 5.41) is 3.72. The lowest BCUT2D eigenvalue weighted by atomic mass is 9.88. The van der Waals surface area contributed by atoms with Gasteiger partial charge in [-0.1, -0.05) is 97.9 Å². The van der Waals surface area contributed by atoms with Crippen LogP contribution in [-0.4, -0.2) is 7.11 Å². The van der Waals surface area contributed by atoms with Crippen LogP contribution in [0, 0.1) is 0 Å². The molecule has 4 aromatic rings. The summed E-state index contributed by atoms with van der Waals surface area (Å²) in [7, 11) is 1.70. The molecule has 0 spiro atoms. The zero-order valence-corrected chi connectivity index (χ0v) is 23.4. The highest BCUT2D eigenvalue weighted by atomic mass is 16.5. The molecular weight excluding hydrogens is 474 g/mol. The number of benzene rings is 4. The average Bonchev–Trinajstić information content (AvgIpc) is 3.02. The first-order valence-corrected chi connectivity index (χ1v) is 14.2. The smallest absolute Gasteiger partial charge is 0.119 e. The first-order valence-electron chi connectivity index (χ1n) is 14.2. The summed E-state index contributed by atoms with van der Waals surface area (Å²) in [6.45, 7) is 4.48. The van der Waals surface area contributed by atoms with E-state index < -0.39 is 0 Å². The Morgan fingerprint density at radius 3 is 1.82 bits per heavy atom. The Labute approximate surface area is 234 Å². The molecule has 0 fully saturated rings. The molecule has 0 aromatic heterocycles. The summed E-state index contributed by atoms with van der Waals surface area (Å²) in [6.07, 6.45) is 12.4. The molecule has 198 valence electrons. The van der Waals surface area contributed by atoms with Crippen molar-refractivity contribution in [3.8, 4) is 5.75 Å². The van der Waals surface area contributed by atoms with Gasteiger partial charge >= 0.3 is 0 Å². The van der Waals surface area contributed by atoms with Crippen molar-refractivity contribution in [2.75, 3.05) is 12.4 Å². The molecule has 39 heavy (non-hydrogen) atoms. The van der Waals surface area contributed by atoms with Crippen LogP contribution in [0.15, 0.2) is 109 Å². The predicted molar refractivity (Wildman–Crippen MR) is 166 cm³/mol. The van der Waals surface area contributed by atoms with Crippen LogP contribution in [0.3, 0.4) is 0 Å². The van der Waals surface area contributed by atoms with E-state index in [-0.39, 0.29) is 5.54 Å². The number of hydrogen-bond donors (Lipinski definition) is 1. The minimum Gasteiger partial charge on any atom is -0.497 e. The maximum atomic E-state index is 5.30. The minimum absolute atomic E-state index is 0.163. The van der Waals surface area contributed by atoms with E-state index in [2.05, 4.69) is 122 Å². The van der Waals surface area contributed by atoms with Gasteiger partial charge in [0.1, 0.15) is 5.75 Å². The molecule has 0 amide bonds. The normalized spacial score (nSPS) is 14.8. The Morgan fingerprint density at radius 1 is 0.744 bits per heavy atom. The van der Waals surface area contributed by atoms with Gasteiger partial charge < -0.3 is 10.1 Å². The Morgan fingerprint density at radius 2 is 1.31 bits per heavy atom. The van der Waals surface area contributed by atoms with Crippen LogP contribution in [0.4, 0.5) is 5.69 Å². The second-order valence-corrected chi connectivity index (χ2v) is 10.7. The summed E-state index contributed by atoms with van der Waals surface area (Å²) in [6, 6.07) is 35.3. The van der Waals surface area contributed by atoms with Crippen LogP contribution >= 0.6 is 0 Å². The maximum absolute atomic E-state index is 5.30. The third-order valence-corrected chi connectivity index (χ3v) is 8.03. The molecule has 1 N–H and O–H groups in total. The molecule has 4 aromatic carbocycles. The SMILES string of the molecule is CCC(C)(Nc1ccc(OC)cc1)c1ccc(C=CC=C2c3ccc(cc3)CCCCc3ccc2cc3)cc1. The predicted octanol–water partition coefficient (Wildman–Crippen LogP) is 9.46. The van der Waals surface area contributed by atoms with Crippen LogP contribution in [0.25, 0.3) is 11.6 Å². The van der Waals surface area contributed by atoms with Crippen LogP contribution in [-0.2, 0) is 18.4 Å². The van der Waals surface area contributed by atoms with Crippen molar-refractivity contribution in [3.05, 3.63) is 143 Å². The summed E-state index contributed by atoms with van der Waals surface area (Å²) < 4.78 is 5.30. The standard InChI is InChI=1S/C37H39NO/c1-4-37(2,38-34-24-26-35(39-3)27-25-34)33-22-16-30(17-23-33)10-7-11-36-31-18-12-28(13-19-31)8-5-6-9-29-14-20-32(36)21-15-29/h7,10-27,38H,4-6,8-9H2,1-3H3. The third-order valence-electron chi connectivity index (χ3n) is 8.03. The fraction of sp³-hybridized carbons (Fsp3) is 0.243. The van der Waals surface area contributed by atoms with E-state index >= 15 is 0 Å². The van der Waals surface area contributed by atoms with Crippen LogP contribution in [0.1, 0.15) is 66.5 Å². The minimum atomic E-state index is -0.163. The zero-order valence-electron chi connectivity index (χ0n) is 23.4.